The normalized spacial score (nSPS) is 10.5. The standard InChI is InChI=1S/C26H29N3O4/c1-4-29(17-19-14-15-23(32-2)24(16-19)33-3)18-25(30)28-22-13-9-8-12-21(22)26(31)27-20-10-6-5-7-11-20/h5-16H,4,17-18H2,1-3H3,(H,27,31)(H,28,30). The summed E-state index contributed by atoms with van der Waals surface area (Å²) in [4.78, 5) is 27.6. The number of likely N-dealkylation sites (N-methyl/N-ethyl adjacent to an activating group) is 1. The predicted molar refractivity (Wildman–Crippen MR) is 130 cm³/mol. The lowest BCUT2D eigenvalue weighted by Crippen LogP contribution is -2.33. The summed E-state index contributed by atoms with van der Waals surface area (Å²) in [6.07, 6.45) is 0. The Hall–Kier alpha value is -3.84. The van der Waals surface area contributed by atoms with Crippen LogP contribution >= 0.6 is 0 Å². The molecule has 2 N–H and O–H groups in total. The number of ether oxygens (including phenoxy) is 2. The Labute approximate surface area is 194 Å². The molecular formula is C26H29N3O4. The van der Waals surface area contributed by atoms with Gasteiger partial charge in [0.2, 0.25) is 5.91 Å². The van der Waals surface area contributed by atoms with E-state index in [1.54, 1.807) is 38.5 Å². The lowest BCUT2D eigenvalue weighted by Gasteiger charge is -2.21. The Balaban J connectivity index is 1.65. The van der Waals surface area contributed by atoms with Crippen molar-refractivity contribution in [2.45, 2.75) is 13.5 Å². The van der Waals surface area contributed by atoms with Crippen LogP contribution in [0.1, 0.15) is 22.8 Å². The largest absolute Gasteiger partial charge is 0.493 e. The van der Waals surface area contributed by atoms with Crippen molar-refractivity contribution in [1.29, 1.82) is 0 Å². The van der Waals surface area contributed by atoms with Crippen molar-refractivity contribution in [3.05, 3.63) is 83.9 Å². The zero-order valence-corrected chi connectivity index (χ0v) is 19.1. The highest BCUT2D eigenvalue weighted by Gasteiger charge is 2.16. The quantitative estimate of drug-likeness (QED) is 0.481. The van der Waals surface area contributed by atoms with Crippen molar-refractivity contribution in [1.82, 2.24) is 4.90 Å². The van der Waals surface area contributed by atoms with Gasteiger partial charge in [0.25, 0.3) is 5.91 Å². The molecule has 0 spiro atoms. The molecule has 3 aromatic rings. The average molecular weight is 448 g/mol. The van der Waals surface area contributed by atoms with E-state index >= 15 is 0 Å². The minimum absolute atomic E-state index is 0.180. The topological polar surface area (TPSA) is 79.9 Å². The van der Waals surface area contributed by atoms with Gasteiger partial charge >= 0.3 is 0 Å². The number of para-hydroxylation sites is 2. The van der Waals surface area contributed by atoms with E-state index in [1.165, 1.54) is 0 Å². The predicted octanol–water partition coefficient (Wildman–Crippen LogP) is 4.42. The number of rotatable bonds is 10. The van der Waals surface area contributed by atoms with Crippen LogP contribution in [0.25, 0.3) is 0 Å². The fourth-order valence-electron chi connectivity index (χ4n) is 3.42. The summed E-state index contributed by atoms with van der Waals surface area (Å²) >= 11 is 0. The summed E-state index contributed by atoms with van der Waals surface area (Å²) < 4.78 is 10.7. The molecule has 0 saturated carbocycles. The molecule has 0 aromatic heterocycles. The van der Waals surface area contributed by atoms with E-state index < -0.39 is 0 Å². The van der Waals surface area contributed by atoms with Gasteiger partial charge in [0.05, 0.1) is 32.0 Å². The Morgan fingerprint density at radius 3 is 2.24 bits per heavy atom. The molecule has 3 aromatic carbocycles. The van der Waals surface area contributed by atoms with Gasteiger partial charge in [-0.1, -0.05) is 43.3 Å². The third kappa shape index (κ3) is 6.57. The first kappa shape index (κ1) is 23.8. The first-order valence-corrected chi connectivity index (χ1v) is 10.7. The molecule has 0 bridgehead atoms. The van der Waals surface area contributed by atoms with Gasteiger partial charge in [-0.3, -0.25) is 14.5 Å². The fourth-order valence-corrected chi connectivity index (χ4v) is 3.42. The number of methoxy groups -OCH3 is 2. The number of carbonyl (C=O) groups is 2. The van der Waals surface area contributed by atoms with Crippen LogP contribution in [0.5, 0.6) is 11.5 Å². The number of nitrogens with one attached hydrogen (secondary N) is 2. The summed E-state index contributed by atoms with van der Waals surface area (Å²) in [5.74, 6) is 0.827. The molecule has 3 rings (SSSR count). The van der Waals surface area contributed by atoms with E-state index in [9.17, 15) is 9.59 Å². The van der Waals surface area contributed by atoms with Crippen molar-refractivity contribution in [3.63, 3.8) is 0 Å². The number of nitrogens with zero attached hydrogens (tertiary/aromatic N) is 1. The summed E-state index contributed by atoms with van der Waals surface area (Å²) in [6.45, 7) is 3.42. The van der Waals surface area contributed by atoms with E-state index in [0.717, 1.165) is 5.56 Å². The number of amides is 2. The first-order valence-electron chi connectivity index (χ1n) is 10.7. The van der Waals surface area contributed by atoms with Crippen LogP contribution in [0.2, 0.25) is 0 Å². The summed E-state index contributed by atoms with van der Waals surface area (Å²) in [6, 6.07) is 21.9. The Morgan fingerprint density at radius 1 is 0.848 bits per heavy atom. The van der Waals surface area contributed by atoms with Gasteiger partial charge in [-0.2, -0.15) is 0 Å². The van der Waals surface area contributed by atoms with Crippen LogP contribution in [-0.4, -0.2) is 44.0 Å². The molecule has 0 fully saturated rings. The summed E-state index contributed by atoms with van der Waals surface area (Å²) in [5, 5.41) is 5.74. The molecule has 0 radical (unpaired) electrons. The molecule has 172 valence electrons. The van der Waals surface area contributed by atoms with Crippen LogP contribution in [0.3, 0.4) is 0 Å². The monoisotopic (exact) mass is 447 g/mol. The van der Waals surface area contributed by atoms with Gasteiger partial charge in [-0.15, -0.1) is 0 Å². The lowest BCUT2D eigenvalue weighted by atomic mass is 10.1. The van der Waals surface area contributed by atoms with Crippen molar-refractivity contribution in [2.24, 2.45) is 0 Å². The minimum Gasteiger partial charge on any atom is -0.493 e. The molecule has 0 atom stereocenters. The maximum absolute atomic E-state index is 12.8. The van der Waals surface area contributed by atoms with E-state index in [0.29, 0.717) is 41.5 Å². The molecular weight excluding hydrogens is 418 g/mol. The van der Waals surface area contributed by atoms with Crippen molar-refractivity contribution in [2.75, 3.05) is 37.9 Å². The third-order valence-corrected chi connectivity index (χ3v) is 5.15. The third-order valence-electron chi connectivity index (χ3n) is 5.15. The summed E-state index contributed by atoms with van der Waals surface area (Å²) in [7, 11) is 3.19. The van der Waals surface area contributed by atoms with Crippen LogP contribution < -0.4 is 20.1 Å². The molecule has 0 saturated heterocycles. The van der Waals surface area contributed by atoms with Gasteiger partial charge in [-0.05, 0) is 48.5 Å². The lowest BCUT2D eigenvalue weighted by molar-refractivity contribution is -0.117. The van der Waals surface area contributed by atoms with Gasteiger partial charge in [0.1, 0.15) is 0 Å². The maximum atomic E-state index is 12.8. The van der Waals surface area contributed by atoms with Gasteiger partial charge in [-0.25, -0.2) is 0 Å². The van der Waals surface area contributed by atoms with E-state index in [1.807, 2.05) is 60.4 Å². The number of anilines is 2. The highest BCUT2D eigenvalue weighted by Crippen LogP contribution is 2.28. The number of hydrogen-bond donors (Lipinski definition) is 2. The molecule has 0 heterocycles. The zero-order chi connectivity index (χ0) is 23.6. The fraction of sp³-hybridized carbons (Fsp3) is 0.231. The van der Waals surface area contributed by atoms with Gasteiger partial charge in [0, 0.05) is 12.2 Å². The van der Waals surface area contributed by atoms with Gasteiger partial charge < -0.3 is 20.1 Å². The second-order valence-electron chi connectivity index (χ2n) is 7.41. The molecule has 0 unspecified atom stereocenters. The van der Waals surface area contributed by atoms with Crippen molar-refractivity contribution >= 4 is 23.2 Å². The molecule has 7 nitrogen and oxygen atoms in total. The van der Waals surface area contributed by atoms with E-state index in [4.69, 9.17) is 9.47 Å². The number of carbonyl (C=O) groups excluding carboxylic acids is 2. The number of hydrogen-bond acceptors (Lipinski definition) is 5. The maximum Gasteiger partial charge on any atom is 0.257 e. The van der Waals surface area contributed by atoms with Crippen molar-refractivity contribution in [3.8, 4) is 11.5 Å². The Kier molecular flexibility index (Phi) is 8.43. The van der Waals surface area contributed by atoms with Crippen LogP contribution in [0, 0.1) is 0 Å². The van der Waals surface area contributed by atoms with E-state index in [-0.39, 0.29) is 18.4 Å². The van der Waals surface area contributed by atoms with E-state index in [2.05, 4.69) is 10.6 Å². The molecule has 2 amide bonds. The van der Waals surface area contributed by atoms with Gasteiger partial charge in [0.15, 0.2) is 11.5 Å². The highest BCUT2D eigenvalue weighted by atomic mass is 16.5. The second-order valence-corrected chi connectivity index (χ2v) is 7.41. The minimum atomic E-state index is -0.283. The van der Waals surface area contributed by atoms with Crippen LogP contribution in [0.4, 0.5) is 11.4 Å². The average Bonchev–Trinajstić information content (AvgIpc) is 2.84. The molecule has 33 heavy (non-hydrogen) atoms. The molecule has 0 aliphatic carbocycles. The SMILES string of the molecule is CCN(CC(=O)Nc1ccccc1C(=O)Nc1ccccc1)Cc1ccc(OC)c(OC)c1. The van der Waals surface area contributed by atoms with Crippen LogP contribution in [-0.2, 0) is 11.3 Å². The zero-order valence-electron chi connectivity index (χ0n) is 19.1. The highest BCUT2D eigenvalue weighted by molar-refractivity contribution is 6.10. The Bertz CT molecular complexity index is 1090. The first-order chi connectivity index (χ1) is 16.0. The second kappa shape index (κ2) is 11.7. The number of benzene rings is 3. The molecule has 0 aliphatic rings. The van der Waals surface area contributed by atoms with Crippen LogP contribution in [0.15, 0.2) is 72.8 Å². The molecule has 7 heteroatoms. The summed E-state index contributed by atoms with van der Waals surface area (Å²) in [5.41, 5.74) is 2.57. The Morgan fingerprint density at radius 2 is 1.55 bits per heavy atom. The smallest absolute Gasteiger partial charge is 0.257 e. The molecule has 0 aliphatic heterocycles. The van der Waals surface area contributed by atoms with Crippen molar-refractivity contribution < 1.29 is 19.1 Å².